The Balaban J connectivity index is 1.89. The predicted molar refractivity (Wildman–Crippen MR) is 77.8 cm³/mol. The molecule has 19 heavy (non-hydrogen) atoms. The van der Waals surface area contributed by atoms with Crippen molar-refractivity contribution in [1.29, 1.82) is 0 Å². The summed E-state index contributed by atoms with van der Waals surface area (Å²) >= 11 is 0. The van der Waals surface area contributed by atoms with E-state index in [2.05, 4.69) is 47.5 Å². The molecule has 0 aliphatic carbocycles. The molecule has 0 unspecified atom stereocenters. The molecule has 3 heteroatoms. The van der Waals surface area contributed by atoms with Gasteiger partial charge in [0.05, 0.1) is 0 Å². The Hall–Kier alpha value is -1.35. The maximum absolute atomic E-state index is 11.3. The van der Waals surface area contributed by atoms with E-state index >= 15 is 0 Å². The number of hydrogen-bond acceptors (Lipinski definition) is 2. The third-order valence-electron chi connectivity index (χ3n) is 4.18. The second-order valence-electron chi connectivity index (χ2n) is 5.58. The minimum Gasteiger partial charge on any atom is -0.351 e. The molecular formula is C16H24N2O. The van der Waals surface area contributed by atoms with Crippen molar-refractivity contribution in [2.45, 2.75) is 45.2 Å². The van der Waals surface area contributed by atoms with Crippen molar-refractivity contribution < 1.29 is 4.79 Å². The summed E-state index contributed by atoms with van der Waals surface area (Å²) in [7, 11) is 0. The second kappa shape index (κ2) is 6.20. The van der Waals surface area contributed by atoms with Crippen LogP contribution in [0.4, 0.5) is 0 Å². The van der Waals surface area contributed by atoms with Crippen LogP contribution in [0.5, 0.6) is 0 Å². The van der Waals surface area contributed by atoms with Crippen molar-refractivity contribution in [2.24, 2.45) is 0 Å². The number of carbonyl (C=O) groups excluding carboxylic acids is 1. The molecule has 1 aromatic rings. The molecule has 1 aromatic carbocycles. The summed E-state index contributed by atoms with van der Waals surface area (Å²) in [5, 5.41) is 3.16. The Bertz CT molecular complexity index is 408. The first-order valence-corrected chi connectivity index (χ1v) is 7.18. The predicted octanol–water partition coefficient (Wildman–Crippen LogP) is 2.57. The Kier molecular flexibility index (Phi) is 4.59. The molecule has 1 aliphatic rings. The lowest BCUT2D eigenvalue weighted by atomic mass is 9.84. The summed E-state index contributed by atoms with van der Waals surface area (Å²) in [4.78, 5) is 13.8. The summed E-state index contributed by atoms with van der Waals surface area (Å²) in [6.07, 6.45) is 3.12. The van der Waals surface area contributed by atoms with Crippen LogP contribution in [0.2, 0.25) is 0 Å². The number of benzene rings is 1. The molecule has 1 N–H and O–H groups in total. The fourth-order valence-corrected chi connectivity index (χ4v) is 2.92. The summed E-state index contributed by atoms with van der Waals surface area (Å²) in [5.74, 6) is 0.0957. The van der Waals surface area contributed by atoms with Gasteiger partial charge in [-0.25, -0.2) is 0 Å². The maximum Gasteiger partial charge on any atom is 0.217 e. The molecule has 0 radical (unpaired) electrons. The van der Waals surface area contributed by atoms with Crippen LogP contribution in [0, 0.1) is 0 Å². The normalized spacial score (nSPS) is 19.1. The van der Waals surface area contributed by atoms with Crippen LogP contribution in [0.3, 0.4) is 0 Å². The number of hydrogen-bond donors (Lipinski definition) is 1. The average Bonchev–Trinajstić information content (AvgIpc) is 2.42. The molecule has 1 amide bonds. The lowest BCUT2D eigenvalue weighted by Crippen LogP contribution is -2.54. The van der Waals surface area contributed by atoms with Crippen LogP contribution >= 0.6 is 0 Å². The fourth-order valence-electron chi connectivity index (χ4n) is 2.92. The molecule has 104 valence electrons. The summed E-state index contributed by atoms with van der Waals surface area (Å²) in [6.45, 7) is 6.92. The molecule has 0 atom stereocenters. The number of amides is 1. The van der Waals surface area contributed by atoms with Gasteiger partial charge in [-0.15, -0.1) is 0 Å². The Morgan fingerprint density at radius 3 is 2.42 bits per heavy atom. The van der Waals surface area contributed by atoms with Crippen molar-refractivity contribution in [1.82, 2.24) is 10.2 Å². The SMILES string of the molecule is CCC1(NC(C)=O)CCN(Cc2ccccc2)CC1. The van der Waals surface area contributed by atoms with Crippen LogP contribution in [-0.4, -0.2) is 29.4 Å². The first-order chi connectivity index (χ1) is 9.13. The van der Waals surface area contributed by atoms with E-state index in [1.807, 2.05) is 0 Å². The quantitative estimate of drug-likeness (QED) is 0.902. The van der Waals surface area contributed by atoms with Gasteiger partial charge in [0.2, 0.25) is 5.91 Å². The molecule has 1 saturated heterocycles. The van der Waals surface area contributed by atoms with Gasteiger partial charge in [0, 0.05) is 32.1 Å². The van der Waals surface area contributed by atoms with E-state index < -0.39 is 0 Å². The molecule has 0 saturated carbocycles. The highest BCUT2D eigenvalue weighted by atomic mass is 16.1. The number of carbonyl (C=O) groups is 1. The largest absolute Gasteiger partial charge is 0.351 e. The lowest BCUT2D eigenvalue weighted by Gasteiger charge is -2.41. The number of rotatable bonds is 4. The van der Waals surface area contributed by atoms with Crippen LogP contribution in [0.15, 0.2) is 30.3 Å². The van der Waals surface area contributed by atoms with E-state index in [0.29, 0.717) is 0 Å². The standard InChI is InChI=1S/C16H24N2O/c1-3-16(17-14(2)19)9-11-18(12-10-16)13-15-7-5-4-6-8-15/h4-8H,3,9-13H2,1-2H3,(H,17,19). The van der Waals surface area contributed by atoms with Gasteiger partial charge in [0.15, 0.2) is 0 Å². The Labute approximate surface area is 116 Å². The van der Waals surface area contributed by atoms with E-state index in [9.17, 15) is 4.79 Å². The summed E-state index contributed by atoms with van der Waals surface area (Å²) in [5.41, 5.74) is 1.39. The first kappa shape index (κ1) is 14.1. The maximum atomic E-state index is 11.3. The van der Waals surface area contributed by atoms with Gasteiger partial charge in [0.1, 0.15) is 0 Å². The number of nitrogens with zero attached hydrogens (tertiary/aromatic N) is 1. The molecule has 0 spiro atoms. The second-order valence-corrected chi connectivity index (χ2v) is 5.58. The molecular weight excluding hydrogens is 236 g/mol. The Morgan fingerprint density at radius 2 is 1.89 bits per heavy atom. The highest BCUT2D eigenvalue weighted by molar-refractivity contribution is 5.73. The van der Waals surface area contributed by atoms with Crippen molar-refractivity contribution in [3.63, 3.8) is 0 Å². The smallest absolute Gasteiger partial charge is 0.217 e. The third kappa shape index (κ3) is 3.80. The van der Waals surface area contributed by atoms with Gasteiger partial charge in [0.25, 0.3) is 0 Å². The zero-order valence-electron chi connectivity index (χ0n) is 12.0. The van der Waals surface area contributed by atoms with Crippen LogP contribution in [-0.2, 0) is 11.3 Å². The van der Waals surface area contributed by atoms with Crippen molar-refractivity contribution >= 4 is 5.91 Å². The van der Waals surface area contributed by atoms with Crippen molar-refractivity contribution in [2.75, 3.05) is 13.1 Å². The zero-order chi connectivity index (χ0) is 13.7. The van der Waals surface area contributed by atoms with E-state index in [1.165, 1.54) is 5.56 Å². The molecule has 1 aliphatic heterocycles. The molecule has 1 fully saturated rings. The van der Waals surface area contributed by atoms with Crippen molar-refractivity contribution in [3.8, 4) is 0 Å². The van der Waals surface area contributed by atoms with Gasteiger partial charge >= 0.3 is 0 Å². The monoisotopic (exact) mass is 260 g/mol. The minimum absolute atomic E-state index is 0.0268. The number of nitrogens with one attached hydrogen (secondary N) is 1. The fraction of sp³-hybridized carbons (Fsp3) is 0.562. The van der Waals surface area contributed by atoms with Gasteiger partial charge in [-0.3, -0.25) is 9.69 Å². The molecule has 3 nitrogen and oxygen atoms in total. The van der Waals surface area contributed by atoms with E-state index in [1.54, 1.807) is 6.92 Å². The third-order valence-corrected chi connectivity index (χ3v) is 4.18. The molecule has 0 aromatic heterocycles. The van der Waals surface area contributed by atoms with Crippen LogP contribution < -0.4 is 5.32 Å². The summed E-state index contributed by atoms with van der Waals surface area (Å²) in [6, 6.07) is 10.6. The minimum atomic E-state index is 0.0268. The highest BCUT2D eigenvalue weighted by Gasteiger charge is 2.33. The van der Waals surface area contributed by atoms with E-state index in [0.717, 1.165) is 38.9 Å². The first-order valence-electron chi connectivity index (χ1n) is 7.18. The van der Waals surface area contributed by atoms with Gasteiger partial charge in [-0.1, -0.05) is 37.3 Å². The van der Waals surface area contributed by atoms with Crippen LogP contribution in [0.1, 0.15) is 38.7 Å². The van der Waals surface area contributed by atoms with Crippen LogP contribution in [0.25, 0.3) is 0 Å². The molecule has 2 rings (SSSR count). The molecule has 1 heterocycles. The van der Waals surface area contributed by atoms with Crippen molar-refractivity contribution in [3.05, 3.63) is 35.9 Å². The van der Waals surface area contributed by atoms with E-state index in [-0.39, 0.29) is 11.4 Å². The van der Waals surface area contributed by atoms with Gasteiger partial charge < -0.3 is 5.32 Å². The topological polar surface area (TPSA) is 32.3 Å². The van der Waals surface area contributed by atoms with Gasteiger partial charge in [-0.2, -0.15) is 0 Å². The van der Waals surface area contributed by atoms with Gasteiger partial charge in [-0.05, 0) is 24.8 Å². The molecule has 0 bridgehead atoms. The summed E-state index contributed by atoms with van der Waals surface area (Å²) < 4.78 is 0. The number of piperidine rings is 1. The zero-order valence-corrected chi connectivity index (χ0v) is 12.0. The number of likely N-dealkylation sites (tertiary alicyclic amines) is 1. The van der Waals surface area contributed by atoms with E-state index in [4.69, 9.17) is 0 Å². The highest BCUT2D eigenvalue weighted by Crippen LogP contribution is 2.26. The average molecular weight is 260 g/mol. The lowest BCUT2D eigenvalue weighted by molar-refractivity contribution is -0.121. The Morgan fingerprint density at radius 1 is 1.26 bits per heavy atom.